The van der Waals surface area contributed by atoms with Crippen LogP contribution in [-0.4, -0.2) is 20.9 Å². The van der Waals surface area contributed by atoms with Crippen molar-refractivity contribution in [1.82, 2.24) is 0 Å². The van der Waals surface area contributed by atoms with Gasteiger partial charge in [0.15, 0.2) is 0 Å². The van der Waals surface area contributed by atoms with Crippen molar-refractivity contribution in [2.45, 2.75) is 0 Å². The third-order valence-electron chi connectivity index (χ3n) is 0.986. The fourth-order valence-electron chi connectivity index (χ4n) is 0.591. The summed E-state index contributed by atoms with van der Waals surface area (Å²) < 4.78 is 1.21. The van der Waals surface area contributed by atoms with Gasteiger partial charge in [0.1, 0.15) is 0 Å². The fraction of sp³-hybridized carbons (Fsp3) is 0. The van der Waals surface area contributed by atoms with E-state index in [0.29, 0.717) is 0 Å². The monoisotopic (exact) mass is 198 g/mol. The van der Waals surface area contributed by atoms with Gasteiger partial charge in [0, 0.05) is 0 Å². The molecule has 50 valence electrons. The van der Waals surface area contributed by atoms with Crippen LogP contribution in [-0.2, 0) is 4.79 Å². The van der Waals surface area contributed by atoms with E-state index in [2.05, 4.69) is 0 Å². The van der Waals surface area contributed by atoms with Crippen molar-refractivity contribution in [2.24, 2.45) is 0 Å². The van der Waals surface area contributed by atoms with E-state index in [1.807, 2.05) is 30.3 Å². The topological polar surface area (TPSA) is 17.1 Å². The first kappa shape index (κ1) is 7.30. The van der Waals surface area contributed by atoms with Gasteiger partial charge in [-0.1, -0.05) is 0 Å². The minimum absolute atomic E-state index is 0.170. The van der Waals surface area contributed by atoms with E-state index in [0.717, 1.165) is 0 Å². The Hall–Kier alpha value is -0.811. The summed E-state index contributed by atoms with van der Waals surface area (Å²) in [5, 5.41) is 0. The van der Waals surface area contributed by atoms with Crippen molar-refractivity contribution in [3.05, 3.63) is 35.3 Å². The number of benzene rings is 1. The SMILES string of the molecule is O=C=C[Se]c1ccccc1. The van der Waals surface area contributed by atoms with Crippen LogP contribution in [0.3, 0.4) is 0 Å². The minimum atomic E-state index is 0.170. The van der Waals surface area contributed by atoms with Crippen molar-refractivity contribution >= 4 is 25.4 Å². The van der Waals surface area contributed by atoms with Gasteiger partial charge in [0.2, 0.25) is 0 Å². The molecule has 2 heteroatoms. The van der Waals surface area contributed by atoms with E-state index in [4.69, 9.17) is 0 Å². The molecule has 0 N–H and O–H groups in total. The summed E-state index contributed by atoms with van der Waals surface area (Å²) >= 11 is 0.170. The van der Waals surface area contributed by atoms with Gasteiger partial charge in [-0.25, -0.2) is 0 Å². The Bertz CT molecular complexity index is 237. The predicted molar refractivity (Wildman–Crippen MR) is 42.1 cm³/mol. The summed E-state index contributed by atoms with van der Waals surface area (Å²) in [6.07, 6.45) is 0. The van der Waals surface area contributed by atoms with Crippen molar-refractivity contribution in [1.29, 1.82) is 0 Å². The molecular weight excluding hydrogens is 191 g/mol. The van der Waals surface area contributed by atoms with Crippen LogP contribution in [0.25, 0.3) is 0 Å². The maximum atomic E-state index is 9.81. The molecule has 0 radical (unpaired) electrons. The second-order valence-electron chi connectivity index (χ2n) is 1.67. The first-order valence-electron chi connectivity index (χ1n) is 2.84. The Labute approximate surface area is 65.9 Å². The first-order valence-corrected chi connectivity index (χ1v) is 4.69. The zero-order valence-corrected chi connectivity index (χ0v) is 6.99. The number of rotatable bonds is 2. The second-order valence-corrected chi connectivity index (χ2v) is 3.64. The Morgan fingerprint density at radius 2 is 2.00 bits per heavy atom. The second kappa shape index (κ2) is 4.08. The van der Waals surface area contributed by atoms with Crippen LogP contribution in [0.2, 0.25) is 0 Å². The Morgan fingerprint density at radius 3 is 2.60 bits per heavy atom. The molecule has 0 saturated carbocycles. The normalized spacial score (nSPS) is 8.40. The quantitative estimate of drug-likeness (QED) is 0.494. The number of carbonyl (C=O) groups excluding carboxylic acids is 1. The molecule has 0 amide bonds. The molecule has 1 nitrogen and oxygen atoms in total. The molecule has 0 bridgehead atoms. The van der Waals surface area contributed by atoms with Crippen LogP contribution in [0.4, 0.5) is 0 Å². The third-order valence-corrected chi connectivity index (χ3v) is 2.58. The zero-order chi connectivity index (χ0) is 7.23. The van der Waals surface area contributed by atoms with Gasteiger partial charge >= 0.3 is 65.5 Å². The molecule has 0 heterocycles. The van der Waals surface area contributed by atoms with Gasteiger partial charge in [0.25, 0.3) is 0 Å². The van der Waals surface area contributed by atoms with E-state index >= 15 is 0 Å². The molecule has 0 aliphatic carbocycles. The van der Waals surface area contributed by atoms with E-state index in [-0.39, 0.29) is 15.0 Å². The summed E-state index contributed by atoms with van der Waals surface area (Å²) in [6.45, 7) is 0. The molecule has 10 heavy (non-hydrogen) atoms. The van der Waals surface area contributed by atoms with Gasteiger partial charge in [-0.15, -0.1) is 0 Å². The molecule has 0 atom stereocenters. The van der Waals surface area contributed by atoms with Gasteiger partial charge in [-0.3, -0.25) is 0 Å². The van der Waals surface area contributed by atoms with Crippen LogP contribution in [0, 0.1) is 0 Å². The number of hydrogen-bond acceptors (Lipinski definition) is 1. The fourth-order valence-corrected chi connectivity index (χ4v) is 1.64. The molecule has 0 aliphatic rings. The van der Waals surface area contributed by atoms with Crippen LogP contribution in [0.15, 0.2) is 35.3 Å². The van der Waals surface area contributed by atoms with Crippen LogP contribution >= 0.6 is 0 Å². The zero-order valence-electron chi connectivity index (χ0n) is 5.28. The Morgan fingerprint density at radius 1 is 1.30 bits per heavy atom. The van der Waals surface area contributed by atoms with Gasteiger partial charge in [-0.05, 0) is 0 Å². The Kier molecular flexibility index (Phi) is 2.98. The van der Waals surface area contributed by atoms with Gasteiger partial charge in [0.05, 0.1) is 0 Å². The van der Waals surface area contributed by atoms with E-state index in [9.17, 15) is 4.79 Å². The summed E-state index contributed by atoms with van der Waals surface area (Å²) in [5.41, 5.74) is 0. The number of hydrogen-bond donors (Lipinski definition) is 0. The average molecular weight is 197 g/mol. The summed E-state index contributed by atoms with van der Waals surface area (Å²) in [5.74, 6) is 1.77. The standard InChI is InChI=1S/C8H6OSe/c9-6-7-10-8-4-2-1-3-5-8/h1-5,7H. The summed E-state index contributed by atoms with van der Waals surface area (Å²) in [7, 11) is 0. The molecule has 1 aromatic carbocycles. The first-order chi connectivity index (χ1) is 4.93. The van der Waals surface area contributed by atoms with Crippen molar-refractivity contribution in [2.75, 3.05) is 0 Å². The molecule has 0 unspecified atom stereocenters. The third kappa shape index (κ3) is 2.20. The maximum absolute atomic E-state index is 9.81. The average Bonchev–Trinajstić information content (AvgIpc) is 2.03. The molecule has 0 spiro atoms. The van der Waals surface area contributed by atoms with Crippen LogP contribution in [0.1, 0.15) is 0 Å². The molecule has 0 fully saturated rings. The van der Waals surface area contributed by atoms with E-state index < -0.39 is 0 Å². The molecule has 0 saturated heterocycles. The summed E-state index contributed by atoms with van der Waals surface area (Å²) in [6, 6.07) is 9.91. The molecule has 1 rings (SSSR count). The van der Waals surface area contributed by atoms with Gasteiger partial charge in [-0.2, -0.15) is 0 Å². The van der Waals surface area contributed by atoms with Crippen LogP contribution < -0.4 is 4.46 Å². The van der Waals surface area contributed by atoms with Crippen molar-refractivity contribution in [3.8, 4) is 0 Å². The summed E-state index contributed by atoms with van der Waals surface area (Å²) in [4.78, 5) is 11.4. The molecule has 0 aromatic heterocycles. The molecule has 1 aromatic rings. The van der Waals surface area contributed by atoms with Gasteiger partial charge < -0.3 is 0 Å². The Balaban J connectivity index is 2.67. The van der Waals surface area contributed by atoms with E-state index in [1.165, 1.54) is 4.46 Å². The predicted octanol–water partition coefficient (Wildman–Crippen LogP) is 0.361. The van der Waals surface area contributed by atoms with Crippen molar-refractivity contribution < 1.29 is 4.79 Å². The molecular formula is C8H6OSe. The van der Waals surface area contributed by atoms with Crippen molar-refractivity contribution in [3.63, 3.8) is 0 Å². The molecule has 0 aliphatic heterocycles. The van der Waals surface area contributed by atoms with E-state index in [1.54, 1.807) is 10.9 Å². The van der Waals surface area contributed by atoms with Crippen LogP contribution in [0.5, 0.6) is 0 Å².